The summed E-state index contributed by atoms with van der Waals surface area (Å²) in [6.45, 7) is 4.14. The van der Waals surface area contributed by atoms with Gasteiger partial charge in [0.25, 0.3) is 0 Å². The fourth-order valence-electron chi connectivity index (χ4n) is 1.73. The van der Waals surface area contributed by atoms with Gasteiger partial charge in [0.05, 0.1) is 6.10 Å². The molecule has 0 bridgehead atoms. The van der Waals surface area contributed by atoms with Gasteiger partial charge in [-0.1, -0.05) is 37.9 Å². The van der Waals surface area contributed by atoms with E-state index in [0.717, 1.165) is 18.4 Å². The Balaban J connectivity index is 2.86. The summed E-state index contributed by atoms with van der Waals surface area (Å²) in [5, 5.41) is 10.7. The van der Waals surface area contributed by atoms with Crippen molar-refractivity contribution in [3.8, 4) is 0 Å². The average molecular weight is 228 g/mol. The molecular weight excluding hydrogens is 210 g/mol. The number of hydrogen-bond donors (Lipinski definition) is 2. The molecule has 1 aromatic carbocycles. The van der Waals surface area contributed by atoms with Crippen LogP contribution in [0.25, 0.3) is 0 Å². The SMILES string of the molecule is CCCC(C)C(O)c1ccc(Cl)cc1N. The van der Waals surface area contributed by atoms with E-state index < -0.39 is 6.10 Å². The van der Waals surface area contributed by atoms with Crippen LogP contribution in [-0.4, -0.2) is 5.11 Å². The van der Waals surface area contributed by atoms with Crippen molar-refractivity contribution in [1.29, 1.82) is 0 Å². The fraction of sp³-hybridized carbons (Fsp3) is 0.500. The molecule has 0 spiro atoms. The molecule has 0 saturated carbocycles. The highest BCUT2D eigenvalue weighted by Crippen LogP contribution is 2.30. The molecule has 2 unspecified atom stereocenters. The van der Waals surface area contributed by atoms with Crippen LogP contribution in [-0.2, 0) is 0 Å². The van der Waals surface area contributed by atoms with Gasteiger partial charge in [-0.15, -0.1) is 0 Å². The zero-order valence-corrected chi connectivity index (χ0v) is 9.96. The van der Waals surface area contributed by atoms with E-state index in [9.17, 15) is 5.11 Å². The summed E-state index contributed by atoms with van der Waals surface area (Å²) in [5.74, 6) is 0.221. The smallest absolute Gasteiger partial charge is 0.0835 e. The molecule has 15 heavy (non-hydrogen) atoms. The van der Waals surface area contributed by atoms with Gasteiger partial charge in [0.2, 0.25) is 0 Å². The van der Waals surface area contributed by atoms with Gasteiger partial charge in [0.15, 0.2) is 0 Å². The molecule has 1 rings (SSSR count). The van der Waals surface area contributed by atoms with E-state index in [2.05, 4.69) is 6.92 Å². The Morgan fingerprint density at radius 3 is 2.67 bits per heavy atom. The highest BCUT2D eigenvalue weighted by Gasteiger charge is 2.17. The number of hydrogen-bond acceptors (Lipinski definition) is 2. The quantitative estimate of drug-likeness (QED) is 0.775. The minimum atomic E-state index is -0.498. The Morgan fingerprint density at radius 1 is 1.47 bits per heavy atom. The van der Waals surface area contributed by atoms with Crippen molar-refractivity contribution >= 4 is 17.3 Å². The van der Waals surface area contributed by atoms with Crippen LogP contribution in [0.15, 0.2) is 18.2 Å². The first-order chi connectivity index (χ1) is 7.06. The molecule has 0 heterocycles. The Hall–Kier alpha value is -0.730. The number of nitrogens with two attached hydrogens (primary N) is 1. The molecule has 2 atom stereocenters. The van der Waals surface area contributed by atoms with Gasteiger partial charge in [-0.2, -0.15) is 0 Å². The first-order valence-corrected chi connectivity index (χ1v) is 5.67. The van der Waals surface area contributed by atoms with E-state index in [1.807, 2.05) is 6.92 Å². The van der Waals surface area contributed by atoms with Crippen LogP contribution < -0.4 is 5.73 Å². The molecule has 2 nitrogen and oxygen atoms in total. The molecule has 0 radical (unpaired) electrons. The van der Waals surface area contributed by atoms with Crippen LogP contribution in [0.1, 0.15) is 38.4 Å². The fourth-order valence-corrected chi connectivity index (χ4v) is 1.92. The van der Waals surface area contributed by atoms with Gasteiger partial charge in [0.1, 0.15) is 0 Å². The third kappa shape index (κ3) is 3.11. The summed E-state index contributed by atoms with van der Waals surface area (Å²) in [5.41, 5.74) is 7.16. The van der Waals surface area contributed by atoms with E-state index in [1.165, 1.54) is 0 Å². The number of rotatable bonds is 4. The summed E-state index contributed by atoms with van der Waals surface area (Å²) in [4.78, 5) is 0. The lowest BCUT2D eigenvalue weighted by Crippen LogP contribution is -2.11. The minimum Gasteiger partial charge on any atom is -0.398 e. The van der Waals surface area contributed by atoms with Gasteiger partial charge < -0.3 is 10.8 Å². The molecule has 0 aromatic heterocycles. The molecule has 1 aromatic rings. The maximum absolute atomic E-state index is 10.1. The highest BCUT2D eigenvalue weighted by atomic mass is 35.5. The second-order valence-corrected chi connectivity index (χ2v) is 4.42. The van der Waals surface area contributed by atoms with Crippen molar-refractivity contribution < 1.29 is 5.11 Å². The Morgan fingerprint density at radius 2 is 2.13 bits per heavy atom. The van der Waals surface area contributed by atoms with Crippen LogP contribution in [0, 0.1) is 5.92 Å². The van der Waals surface area contributed by atoms with E-state index in [-0.39, 0.29) is 5.92 Å². The molecule has 3 N–H and O–H groups in total. The predicted octanol–water partition coefficient (Wildman–Crippen LogP) is 3.39. The first kappa shape index (κ1) is 12.3. The number of nitrogen functional groups attached to an aromatic ring is 1. The number of aliphatic hydroxyl groups excluding tert-OH is 1. The van der Waals surface area contributed by atoms with E-state index in [0.29, 0.717) is 10.7 Å². The standard InChI is InChI=1S/C12H18ClNO/c1-3-4-8(2)12(15)10-6-5-9(13)7-11(10)14/h5-8,12,15H,3-4,14H2,1-2H3. The molecule has 0 saturated heterocycles. The van der Waals surface area contributed by atoms with Gasteiger partial charge in [0, 0.05) is 16.3 Å². The molecule has 0 aliphatic heterocycles. The van der Waals surface area contributed by atoms with Crippen molar-refractivity contribution in [3.63, 3.8) is 0 Å². The number of benzene rings is 1. The molecule has 0 amide bonds. The lowest BCUT2D eigenvalue weighted by molar-refractivity contribution is 0.113. The zero-order valence-electron chi connectivity index (χ0n) is 9.20. The molecule has 0 fully saturated rings. The van der Waals surface area contributed by atoms with Gasteiger partial charge in [-0.3, -0.25) is 0 Å². The summed E-state index contributed by atoms with van der Waals surface area (Å²) in [7, 11) is 0. The van der Waals surface area contributed by atoms with Gasteiger partial charge in [-0.05, 0) is 24.5 Å². The summed E-state index contributed by atoms with van der Waals surface area (Å²) in [6.07, 6.45) is 1.55. The van der Waals surface area contributed by atoms with Crippen molar-refractivity contribution in [2.75, 3.05) is 5.73 Å². The predicted molar refractivity (Wildman–Crippen MR) is 64.9 cm³/mol. The van der Waals surface area contributed by atoms with Crippen LogP contribution in [0.4, 0.5) is 5.69 Å². The number of aliphatic hydroxyl groups is 1. The lowest BCUT2D eigenvalue weighted by Gasteiger charge is -2.20. The van der Waals surface area contributed by atoms with Crippen LogP contribution in [0.3, 0.4) is 0 Å². The highest BCUT2D eigenvalue weighted by molar-refractivity contribution is 6.30. The zero-order chi connectivity index (χ0) is 11.4. The van der Waals surface area contributed by atoms with E-state index in [1.54, 1.807) is 18.2 Å². The molecule has 3 heteroatoms. The second kappa shape index (κ2) is 5.38. The normalized spacial score (nSPS) is 14.9. The summed E-state index contributed by atoms with van der Waals surface area (Å²) in [6, 6.07) is 5.24. The van der Waals surface area contributed by atoms with Gasteiger partial charge >= 0.3 is 0 Å². The topological polar surface area (TPSA) is 46.2 Å². The third-order valence-corrected chi connectivity index (χ3v) is 2.89. The van der Waals surface area contributed by atoms with Crippen LogP contribution in [0.5, 0.6) is 0 Å². The Kier molecular flexibility index (Phi) is 4.43. The van der Waals surface area contributed by atoms with Crippen molar-refractivity contribution in [3.05, 3.63) is 28.8 Å². The van der Waals surface area contributed by atoms with Crippen molar-refractivity contribution in [2.45, 2.75) is 32.8 Å². The van der Waals surface area contributed by atoms with Crippen molar-refractivity contribution in [1.82, 2.24) is 0 Å². The minimum absolute atomic E-state index is 0.221. The maximum Gasteiger partial charge on any atom is 0.0835 e. The molecule has 0 aliphatic rings. The molecule has 0 aliphatic carbocycles. The second-order valence-electron chi connectivity index (χ2n) is 3.98. The summed E-state index contributed by atoms with van der Waals surface area (Å²) >= 11 is 5.80. The maximum atomic E-state index is 10.1. The monoisotopic (exact) mass is 227 g/mol. The third-order valence-electron chi connectivity index (χ3n) is 2.65. The van der Waals surface area contributed by atoms with E-state index in [4.69, 9.17) is 17.3 Å². The average Bonchev–Trinajstić information content (AvgIpc) is 2.17. The largest absolute Gasteiger partial charge is 0.398 e. The Bertz CT molecular complexity index is 327. The number of halogens is 1. The van der Waals surface area contributed by atoms with Crippen LogP contribution >= 0.6 is 11.6 Å². The van der Waals surface area contributed by atoms with E-state index >= 15 is 0 Å². The van der Waals surface area contributed by atoms with Crippen molar-refractivity contribution in [2.24, 2.45) is 5.92 Å². The number of anilines is 1. The lowest BCUT2D eigenvalue weighted by atomic mass is 9.93. The molecular formula is C12H18ClNO. The molecule has 84 valence electrons. The first-order valence-electron chi connectivity index (χ1n) is 5.29. The Labute approximate surface area is 96.1 Å². The van der Waals surface area contributed by atoms with Gasteiger partial charge in [-0.25, -0.2) is 0 Å². The van der Waals surface area contributed by atoms with Crippen LogP contribution in [0.2, 0.25) is 5.02 Å². The summed E-state index contributed by atoms with van der Waals surface area (Å²) < 4.78 is 0.